The van der Waals surface area contributed by atoms with E-state index in [0.29, 0.717) is 34.0 Å². The average molecular weight is 349 g/mol. The van der Waals surface area contributed by atoms with Crippen LogP contribution in [0.25, 0.3) is 5.65 Å². The Morgan fingerprint density at radius 1 is 1.48 bits per heavy atom. The second kappa shape index (κ2) is 7.84. The summed E-state index contributed by atoms with van der Waals surface area (Å²) >= 11 is 13.3. The molecule has 0 spiro atoms. The number of carbonyl (C=O) groups is 1. The fourth-order valence-electron chi connectivity index (χ4n) is 1.63. The lowest BCUT2D eigenvalue weighted by Crippen LogP contribution is -2.26. The first-order valence-electron chi connectivity index (χ1n) is 6.20. The predicted octanol–water partition coefficient (Wildman–Crippen LogP) is 2.28. The molecule has 0 atom stereocenters. The number of rotatable bonds is 7. The molecule has 2 rings (SSSR count). The van der Waals surface area contributed by atoms with Crippen molar-refractivity contribution in [2.24, 2.45) is 0 Å². The molecule has 1 amide bonds. The Morgan fingerprint density at radius 3 is 3.05 bits per heavy atom. The smallest absolute Gasteiger partial charge is 0.230 e. The zero-order valence-electron chi connectivity index (χ0n) is 11.3. The van der Waals surface area contributed by atoms with Crippen LogP contribution in [0.4, 0.5) is 0 Å². The van der Waals surface area contributed by atoms with E-state index in [0.717, 1.165) is 6.42 Å². The molecule has 2 heterocycles. The number of carbonyl (C=O) groups excluding carboxylic acids is 1. The van der Waals surface area contributed by atoms with Crippen LogP contribution in [-0.2, 0) is 9.53 Å². The van der Waals surface area contributed by atoms with E-state index in [9.17, 15) is 4.79 Å². The van der Waals surface area contributed by atoms with Crippen LogP contribution >= 0.6 is 35.0 Å². The van der Waals surface area contributed by atoms with E-state index in [-0.39, 0.29) is 11.7 Å². The van der Waals surface area contributed by atoms with Crippen molar-refractivity contribution in [3.8, 4) is 0 Å². The van der Waals surface area contributed by atoms with Gasteiger partial charge < -0.3 is 10.1 Å². The largest absolute Gasteiger partial charge is 0.385 e. The van der Waals surface area contributed by atoms with Gasteiger partial charge in [0.15, 0.2) is 10.8 Å². The van der Waals surface area contributed by atoms with Gasteiger partial charge in [-0.15, -0.1) is 10.2 Å². The summed E-state index contributed by atoms with van der Waals surface area (Å²) in [5.74, 6) is 0.179. The maximum atomic E-state index is 11.7. The molecule has 21 heavy (non-hydrogen) atoms. The van der Waals surface area contributed by atoms with Gasteiger partial charge >= 0.3 is 0 Å². The second-order valence-corrected chi connectivity index (χ2v) is 5.95. The molecule has 0 aliphatic rings. The first-order valence-corrected chi connectivity index (χ1v) is 7.94. The Labute approximate surface area is 136 Å². The van der Waals surface area contributed by atoms with E-state index in [1.807, 2.05) is 0 Å². The first kappa shape index (κ1) is 16.4. The van der Waals surface area contributed by atoms with E-state index in [2.05, 4.69) is 15.5 Å². The summed E-state index contributed by atoms with van der Waals surface area (Å²) < 4.78 is 6.58. The molecule has 114 valence electrons. The third-order valence-corrected chi connectivity index (χ3v) is 4.00. The van der Waals surface area contributed by atoms with E-state index < -0.39 is 0 Å². The van der Waals surface area contributed by atoms with Crippen LogP contribution in [0, 0.1) is 0 Å². The SMILES string of the molecule is COCCCNC(=O)CSc1nnc2c(Cl)cc(Cl)cn12. The quantitative estimate of drug-likeness (QED) is 0.614. The molecule has 0 fully saturated rings. The Balaban J connectivity index is 1.93. The van der Waals surface area contributed by atoms with Crippen LogP contribution in [0.15, 0.2) is 17.4 Å². The van der Waals surface area contributed by atoms with Gasteiger partial charge in [0.05, 0.1) is 15.8 Å². The third kappa shape index (κ3) is 4.47. The van der Waals surface area contributed by atoms with Crippen molar-refractivity contribution >= 4 is 46.5 Å². The Kier molecular flexibility index (Phi) is 6.10. The van der Waals surface area contributed by atoms with Crippen LogP contribution in [0.5, 0.6) is 0 Å². The number of hydrogen-bond acceptors (Lipinski definition) is 5. The number of fused-ring (bicyclic) bond motifs is 1. The Hall–Kier alpha value is -1.02. The number of hydrogen-bond donors (Lipinski definition) is 1. The number of nitrogens with zero attached hydrogens (tertiary/aromatic N) is 3. The third-order valence-electron chi connectivity index (χ3n) is 2.57. The van der Waals surface area contributed by atoms with Gasteiger partial charge in [0, 0.05) is 26.5 Å². The molecular weight excluding hydrogens is 335 g/mol. The first-order chi connectivity index (χ1) is 10.1. The number of pyridine rings is 1. The highest BCUT2D eigenvalue weighted by Gasteiger charge is 2.12. The molecule has 0 aliphatic carbocycles. The maximum absolute atomic E-state index is 11.7. The molecule has 0 saturated carbocycles. The van der Waals surface area contributed by atoms with Crippen LogP contribution in [0.3, 0.4) is 0 Å². The number of halogens is 2. The second-order valence-electron chi connectivity index (χ2n) is 4.17. The van der Waals surface area contributed by atoms with E-state index >= 15 is 0 Å². The summed E-state index contributed by atoms with van der Waals surface area (Å²) in [6.45, 7) is 1.21. The number of nitrogens with one attached hydrogen (secondary N) is 1. The molecule has 9 heteroatoms. The van der Waals surface area contributed by atoms with Crippen molar-refractivity contribution in [1.29, 1.82) is 0 Å². The van der Waals surface area contributed by atoms with Gasteiger partial charge in [0.25, 0.3) is 0 Å². The predicted molar refractivity (Wildman–Crippen MR) is 83.2 cm³/mol. The Bertz CT molecular complexity index is 635. The molecule has 0 unspecified atom stereocenters. The van der Waals surface area contributed by atoms with Crippen LogP contribution < -0.4 is 5.32 Å². The molecule has 0 aliphatic heterocycles. The summed E-state index contributed by atoms with van der Waals surface area (Å²) in [6.07, 6.45) is 2.45. The van der Waals surface area contributed by atoms with E-state index in [4.69, 9.17) is 27.9 Å². The lowest BCUT2D eigenvalue weighted by molar-refractivity contribution is -0.118. The minimum absolute atomic E-state index is 0.0685. The zero-order chi connectivity index (χ0) is 15.2. The molecule has 1 N–H and O–H groups in total. The monoisotopic (exact) mass is 348 g/mol. The fourth-order valence-corrected chi connectivity index (χ4v) is 2.87. The molecule has 6 nitrogen and oxygen atoms in total. The van der Waals surface area contributed by atoms with Crippen molar-refractivity contribution in [1.82, 2.24) is 19.9 Å². The summed E-state index contributed by atoms with van der Waals surface area (Å²) in [5.41, 5.74) is 0.518. The number of methoxy groups -OCH3 is 1. The molecule has 0 bridgehead atoms. The highest BCUT2D eigenvalue weighted by molar-refractivity contribution is 7.99. The van der Waals surface area contributed by atoms with Crippen LogP contribution in [-0.4, -0.2) is 46.5 Å². The average Bonchev–Trinajstić information content (AvgIpc) is 2.84. The van der Waals surface area contributed by atoms with Crippen molar-refractivity contribution in [2.75, 3.05) is 26.0 Å². The molecule has 0 saturated heterocycles. The van der Waals surface area contributed by atoms with Gasteiger partial charge in [0.2, 0.25) is 5.91 Å². The van der Waals surface area contributed by atoms with Crippen molar-refractivity contribution < 1.29 is 9.53 Å². The molecule has 0 aromatic carbocycles. The van der Waals surface area contributed by atoms with Gasteiger partial charge in [-0.25, -0.2) is 0 Å². The maximum Gasteiger partial charge on any atom is 0.230 e. The lowest BCUT2D eigenvalue weighted by atomic mass is 10.4. The minimum atomic E-state index is -0.0685. The Morgan fingerprint density at radius 2 is 2.29 bits per heavy atom. The molecule has 2 aromatic heterocycles. The lowest BCUT2D eigenvalue weighted by Gasteiger charge is -2.04. The van der Waals surface area contributed by atoms with Crippen molar-refractivity contribution in [3.63, 3.8) is 0 Å². The fraction of sp³-hybridized carbons (Fsp3) is 0.417. The van der Waals surface area contributed by atoms with Gasteiger partial charge in [0.1, 0.15) is 0 Å². The van der Waals surface area contributed by atoms with E-state index in [1.54, 1.807) is 23.8 Å². The number of aromatic nitrogens is 3. The van der Waals surface area contributed by atoms with Gasteiger partial charge in [-0.2, -0.15) is 0 Å². The summed E-state index contributed by atoms with van der Waals surface area (Å²) in [5, 5.41) is 12.3. The summed E-state index contributed by atoms with van der Waals surface area (Å²) in [4.78, 5) is 11.7. The molecule has 0 radical (unpaired) electrons. The molecular formula is C12H14Cl2N4O2S. The van der Waals surface area contributed by atoms with Gasteiger partial charge in [-0.05, 0) is 12.5 Å². The summed E-state index contributed by atoms with van der Waals surface area (Å²) in [7, 11) is 1.63. The van der Waals surface area contributed by atoms with Gasteiger partial charge in [-0.1, -0.05) is 35.0 Å². The van der Waals surface area contributed by atoms with Crippen molar-refractivity contribution in [3.05, 3.63) is 22.3 Å². The normalized spacial score (nSPS) is 11.0. The van der Waals surface area contributed by atoms with Crippen molar-refractivity contribution in [2.45, 2.75) is 11.6 Å². The molecule has 2 aromatic rings. The minimum Gasteiger partial charge on any atom is -0.385 e. The topological polar surface area (TPSA) is 68.5 Å². The van der Waals surface area contributed by atoms with Gasteiger partial charge in [-0.3, -0.25) is 9.20 Å². The van der Waals surface area contributed by atoms with Crippen LogP contribution in [0.1, 0.15) is 6.42 Å². The number of thioether (sulfide) groups is 1. The summed E-state index contributed by atoms with van der Waals surface area (Å²) in [6, 6.07) is 1.60. The highest BCUT2D eigenvalue weighted by Crippen LogP contribution is 2.25. The van der Waals surface area contributed by atoms with E-state index in [1.165, 1.54) is 11.8 Å². The standard InChI is InChI=1S/C12H14Cl2N4O2S/c1-20-4-2-3-15-10(19)7-21-12-17-16-11-9(14)5-8(13)6-18(11)12/h5-6H,2-4,7H2,1H3,(H,15,19). The zero-order valence-corrected chi connectivity index (χ0v) is 13.6. The van der Waals surface area contributed by atoms with Crippen LogP contribution in [0.2, 0.25) is 10.0 Å². The highest BCUT2D eigenvalue weighted by atomic mass is 35.5. The number of ether oxygens (including phenoxy) is 1. The number of amides is 1.